The van der Waals surface area contributed by atoms with Gasteiger partial charge in [-0.3, -0.25) is 9.69 Å². The Hall–Kier alpha value is -1.93. The highest BCUT2D eigenvalue weighted by atomic mass is 35.5. The maximum atomic E-state index is 12.8. The van der Waals surface area contributed by atoms with E-state index >= 15 is 0 Å². The summed E-state index contributed by atoms with van der Waals surface area (Å²) in [4.78, 5) is 16.8. The standard InChI is InChI=1S/C21H24ClN3O3S/c22-19-7-3-4-8-20(19)29(27,28)25-13-11-24(12-14-25)21(26)16-23-10-9-17-5-1-2-6-18(17)15-23/h1-8H,9-16H2. The Morgan fingerprint density at radius 1 is 0.897 bits per heavy atom. The molecule has 0 atom stereocenters. The van der Waals surface area contributed by atoms with Crippen LogP contribution in [0.5, 0.6) is 0 Å². The van der Waals surface area contributed by atoms with E-state index in [4.69, 9.17) is 11.6 Å². The lowest BCUT2D eigenvalue weighted by atomic mass is 10.00. The number of hydrogen-bond donors (Lipinski definition) is 0. The number of fused-ring (bicyclic) bond motifs is 1. The van der Waals surface area contributed by atoms with Gasteiger partial charge >= 0.3 is 0 Å². The van der Waals surface area contributed by atoms with E-state index in [9.17, 15) is 13.2 Å². The molecule has 2 aromatic carbocycles. The van der Waals surface area contributed by atoms with Crippen LogP contribution in [0.25, 0.3) is 0 Å². The molecule has 29 heavy (non-hydrogen) atoms. The fraction of sp³-hybridized carbons (Fsp3) is 0.381. The maximum Gasteiger partial charge on any atom is 0.244 e. The monoisotopic (exact) mass is 433 g/mol. The minimum atomic E-state index is -3.65. The Balaban J connectivity index is 1.34. The lowest BCUT2D eigenvalue weighted by molar-refractivity contribution is -0.133. The first-order valence-corrected chi connectivity index (χ1v) is 11.6. The van der Waals surface area contributed by atoms with E-state index in [1.807, 2.05) is 6.07 Å². The summed E-state index contributed by atoms with van der Waals surface area (Å²) >= 11 is 6.08. The summed E-state index contributed by atoms with van der Waals surface area (Å²) in [6.07, 6.45) is 0.952. The van der Waals surface area contributed by atoms with Crippen LogP contribution in [0.15, 0.2) is 53.4 Å². The number of piperazine rings is 1. The molecule has 0 radical (unpaired) electrons. The molecule has 1 saturated heterocycles. The number of nitrogens with zero attached hydrogens (tertiary/aromatic N) is 3. The fourth-order valence-corrected chi connectivity index (χ4v) is 5.87. The van der Waals surface area contributed by atoms with E-state index in [0.717, 1.165) is 19.5 Å². The number of sulfonamides is 1. The SMILES string of the molecule is O=C(CN1CCc2ccccc2C1)N1CCN(S(=O)(=O)c2ccccc2Cl)CC1. The number of amides is 1. The van der Waals surface area contributed by atoms with Crippen LogP contribution < -0.4 is 0 Å². The molecule has 2 aliphatic rings. The number of carbonyl (C=O) groups is 1. The van der Waals surface area contributed by atoms with Crippen molar-refractivity contribution in [3.05, 3.63) is 64.7 Å². The second-order valence-electron chi connectivity index (χ2n) is 7.44. The molecule has 8 heteroatoms. The van der Waals surface area contributed by atoms with Crippen LogP contribution in [0, 0.1) is 0 Å². The number of carbonyl (C=O) groups excluding carboxylic acids is 1. The first kappa shape index (κ1) is 20.3. The van der Waals surface area contributed by atoms with Crippen molar-refractivity contribution in [1.29, 1.82) is 0 Å². The Morgan fingerprint density at radius 3 is 2.28 bits per heavy atom. The number of benzene rings is 2. The summed E-state index contributed by atoms with van der Waals surface area (Å²) in [5.41, 5.74) is 2.64. The zero-order valence-electron chi connectivity index (χ0n) is 16.1. The summed E-state index contributed by atoms with van der Waals surface area (Å²) < 4.78 is 27.1. The minimum absolute atomic E-state index is 0.0548. The average Bonchev–Trinajstić information content (AvgIpc) is 2.74. The van der Waals surface area contributed by atoms with Crippen molar-refractivity contribution in [2.75, 3.05) is 39.3 Å². The first-order valence-electron chi connectivity index (χ1n) is 9.77. The zero-order chi connectivity index (χ0) is 20.4. The van der Waals surface area contributed by atoms with Crippen LogP contribution in [-0.2, 0) is 27.8 Å². The zero-order valence-corrected chi connectivity index (χ0v) is 17.7. The predicted molar refractivity (Wildman–Crippen MR) is 112 cm³/mol. The Labute approximate surface area is 176 Å². The summed E-state index contributed by atoms with van der Waals surface area (Å²) in [7, 11) is -3.65. The minimum Gasteiger partial charge on any atom is -0.339 e. The van der Waals surface area contributed by atoms with E-state index in [0.29, 0.717) is 19.6 Å². The van der Waals surface area contributed by atoms with E-state index < -0.39 is 10.0 Å². The van der Waals surface area contributed by atoms with Gasteiger partial charge in [0, 0.05) is 39.3 Å². The fourth-order valence-electron chi connectivity index (χ4n) is 3.95. The summed E-state index contributed by atoms with van der Waals surface area (Å²) in [5.74, 6) is 0.0548. The molecule has 2 heterocycles. The van der Waals surface area contributed by atoms with E-state index in [-0.39, 0.29) is 28.9 Å². The Kier molecular flexibility index (Phi) is 5.92. The highest BCUT2D eigenvalue weighted by molar-refractivity contribution is 7.89. The van der Waals surface area contributed by atoms with Gasteiger partial charge in [-0.1, -0.05) is 48.0 Å². The van der Waals surface area contributed by atoms with E-state index in [2.05, 4.69) is 23.1 Å². The van der Waals surface area contributed by atoms with Crippen LogP contribution >= 0.6 is 11.6 Å². The van der Waals surface area contributed by atoms with Gasteiger partial charge in [0.2, 0.25) is 15.9 Å². The number of halogens is 1. The maximum absolute atomic E-state index is 12.8. The molecule has 2 aromatic rings. The largest absolute Gasteiger partial charge is 0.339 e. The molecule has 1 fully saturated rings. The molecule has 4 rings (SSSR count). The van der Waals surface area contributed by atoms with Crippen molar-refractivity contribution in [1.82, 2.24) is 14.1 Å². The van der Waals surface area contributed by atoms with Crippen LogP contribution in [0.1, 0.15) is 11.1 Å². The predicted octanol–water partition coefficient (Wildman–Crippen LogP) is 2.23. The van der Waals surface area contributed by atoms with E-state index in [1.165, 1.54) is 21.5 Å². The molecule has 0 bridgehead atoms. The summed E-state index contributed by atoms with van der Waals surface area (Å²) in [6.45, 7) is 3.36. The van der Waals surface area contributed by atoms with E-state index in [1.54, 1.807) is 23.1 Å². The topological polar surface area (TPSA) is 60.9 Å². The first-order chi connectivity index (χ1) is 13.9. The molecule has 0 spiro atoms. The van der Waals surface area contributed by atoms with Gasteiger partial charge in [-0.15, -0.1) is 0 Å². The molecule has 154 valence electrons. The summed E-state index contributed by atoms with van der Waals surface area (Å²) in [6, 6.07) is 14.8. The van der Waals surface area contributed by atoms with Crippen molar-refractivity contribution in [3.63, 3.8) is 0 Å². The summed E-state index contributed by atoms with van der Waals surface area (Å²) in [5, 5.41) is 0.219. The van der Waals surface area contributed by atoms with Crippen molar-refractivity contribution >= 4 is 27.5 Å². The smallest absolute Gasteiger partial charge is 0.244 e. The molecular weight excluding hydrogens is 410 g/mol. The molecule has 6 nitrogen and oxygen atoms in total. The second kappa shape index (κ2) is 8.44. The van der Waals surface area contributed by atoms with Crippen molar-refractivity contribution in [2.45, 2.75) is 17.9 Å². The van der Waals surface area contributed by atoms with Crippen molar-refractivity contribution < 1.29 is 13.2 Å². The molecule has 0 N–H and O–H groups in total. The Bertz CT molecular complexity index is 1000. The van der Waals surface area contributed by atoms with Gasteiger partial charge in [0.15, 0.2) is 0 Å². The van der Waals surface area contributed by atoms with Gasteiger partial charge in [0.25, 0.3) is 0 Å². The second-order valence-corrected chi connectivity index (χ2v) is 9.76. The molecule has 0 aliphatic carbocycles. The third-order valence-corrected chi connectivity index (χ3v) is 8.01. The number of rotatable bonds is 4. The van der Waals surface area contributed by atoms with Crippen LogP contribution in [-0.4, -0.2) is 67.7 Å². The van der Waals surface area contributed by atoms with Crippen LogP contribution in [0.4, 0.5) is 0 Å². The average molecular weight is 434 g/mol. The lowest BCUT2D eigenvalue weighted by Crippen LogP contribution is -2.52. The van der Waals surface area contributed by atoms with Gasteiger partial charge in [-0.05, 0) is 29.7 Å². The van der Waals surface area contributed by atoms with Crippen LogP contribution in [0.3, 0.4) is 0 Å². The van der Waals surface area contributed by atoms with Crippen LogP contribution in [0.2, 0.25) is 5.02 Å². The van der Waals surface area contributed by atoms with Crippen molar-refractivity contribution in [3.8, 4) is 0 Å². The quantitative estimate of drug-likeness (QED) is 0.741. The van der Waals surface area contributed by atoms with Gasteiger partial charge in [-0.2, -0.15) is 4.31 Å². The van der Waals surface area contributed by atoms with Gasteiger partial charge < -0.3 is 4.90 Å². The molecule has 2 aliphatic heterocycles. The third-order valence-electron chi connectivity index (χ3n) is 5.61. The number of hydrogen-bond acceptors (Lipinski definition) is 4. The molecular formula is C21H24ClN3O3S. The molecule has 1 amide bonds. The third kappa shape index (κ3) is 4.33. The molecule has 0 aromatic heterocycles. The van der Waals surface area contributed by atoms with Gasteiger partial charge in [-0.25, -0.2) is 8.42 Å². The van der Waals surface area contributed by atoms with Crippen molar-refractivity contribution in [2.24, 2.45) is 0 Å². The lowest BCUT2D eigenvalue weighted by Gasteiger charge is -2.36. The Morgan fingerprint density at radius 2 is 1.55 bits per heavy atom. The molecule has 0 unspecified atom stereocenters. The highest BCUT2D eigenvalue weighted by Gasteiger charge is 2.32. The highest BCUT2D eigenvalue weighted by Crippen LogP contribution is 2.25. The van der Waals surface area contributed by atoms with Gasteiger partial charge in [0.05, 0.1) is 11.6 Å². The normalized spacial score (nSPS) is 18.4. The molecule has 0 saturated carbocycles. The van der Waals surface area contributed by atoms with Gasteiger partial charge in [0.1, 0.15) is 4.90 Å².